The highest BCUT2D eigenvalue weighted by molar-refractivity contribution is 5.74. The molecule has 1 heterocycles. The standard InChI is InChI=1S/C12H25N3O3/c1-8(2)14-12(17)15-10-4-3-9(5-6-13)18-11(10)7-16/h8-11,16H,3-7,13H2,1-2H3,(H2,14,15,17)/t9-,10+,11+/m1/s1. The minimum absolute atomic E-state index is 0.0896. The lowest BCUT2D eigenvalue weighted by Crippen LogP contribution is -2.54. The number of nitrogens with two attached hydrogens (primary N) is 1. The molecule has 18 heavy (non-hydrogen) atoms. The Morgan fingerprint density at radius 2 is 2.22 bits per heavy atom. The van der Waals surface area contributed by atoms with Crippen molar-refractivity contribution >= 4 is 6.03 Å². The maximum Gasteiger partial charge on any atom is 0.315 e. The van der Waals surface area contributed by atoms with Gasteiger partial charge in [0.2, 0.25) is 0 Å². The van der Waals surface area contributed by atoms with E-state index in [9.17, 15) is 9.90 Å². The van der Waals surface area contributed by atoms with Crippen LogP contribution in [0.4, 0.5) is 4.79 Å². The molecule has 1 rings (SSSR count). The molecule has 5 N–H and O–H groups in total. The molecular formula is C12H25N3O3. The van der Waals surface area contributed by atoms with Crippen LogP contribution < -0.4 is 16.4 Å². The summed E-state index contributed by atoms with van der Waals surface area (Å²) in [5, 5.41) is 14.9. The number of aliphatic hydroxyl groups is 1. The first-order valence-electron chi connectivity index (χ1n) is 6.60. The number of urea groups is 1. The fraction of sp³-hybridized carbons (Fsp3) is 0.917. The molecule has 1 saturated heterocycles. The molecule has 6 nitrogen and oxygen atoms in total. The zero-order chi connectivity index (χ0) is 13.5. The van der Waals surface area contributed by atoms with Gasteiger partial charge in [-0.3, -0.25) is 0 Å². The molecule has 1 fully saturated rings. The number of hydrogen-bond donors (Lipinski definition) is 4. The van der Waals surface area contributed by atoms with Crippen LogP contribution in [-0.4, -0.2) is 48.6 Å². The first-order valence-corrected chi connectivity index (χ1v) is 6.60. The molecule has 0 aromatic carbocycles. The topological polar surface area (TPSA) is 96.6 Å². The molecule has 106 valence electrons. The van der Waals surface area contributed by atoms with Crippen LogP contribution in [0.25, 0.3) is 0 Å². The quantitative estimate of drug-likeness (QED) is 0.556. The minimum atomic E-state index is -0.340. The lowest BCUT2D eigenvalue weighted by molar-refractivity contribution is -0.0884. The number of carbonyl (C=O) groups excluding carboxylic acids is 1. The molecular weight excluding hydrogens is 234 g/mol. The highest BCUT2D eigenvalue weighted by atomic mass is 16.5. The SMILES string of the molecule is CC(C)NC(=O)N[C@H]1CC[C@H](CCN)O[C@H]1CO. The monoisotopic (exact) mass is 259 g/mol. The normalized spacial score (nSPS) is 28.2. The Hall–Kier alpha value is -0.850. The molecule has 0 unspecified atom stereocenters. The summed E-state index contributed by atoms with van der Waals surface area (Å²) in [5.41, 5.74) is 5.49. The van der Waals surface area contributed by atoms with Crippen molar-refractivity contribution in [1.82, 2.24) is 10.6 Å². The fourth-order valence-corrected chi connectivity index (χ4v) is 2.17. The average Bonchev–Trinajstić information content (AvgIpc) is 2.30. The fourth-order valence-electron chi connectivity index (χ4n) is 2.17. The van der Waals surface area contributed by atoms with E-state index >= 15 is 0 Å². The molecule has 0 saturated carbocycles. The van der Waals surface area contributed by atoms with Crippen molar-refractivity contribution in [3.63, 3.8) is 0 Å². The van der Waals surface area contributed by atoms with Gasteiger partial charge in [-0.15, -0.1) is 0 Å². The molecule has 1 aliphatic rings. The van der Waals surface area contributed by atoms with E-state index in [4.69, 9.17) is 10.5 Å². The van der Waals surface area contributed by atoms with E-state index in [1.807, 2.05) is 13.8 Å². The number of amides is 2. The number of hydrogen-bond acceptors (Lipinski definition) is 4. The smallest absolute Gasteiger partial charge is 0.315 e. The van der Waals surface area contributed by atoms with Gasteiger partial charge in [-0.1, -0.05) is 0 Å². The summed E-state index contributed by atoms with van der Waals surface area (Å²) in [6.45, 7) is 4.29. The summed E-state index contributed by atoms with van der Waals surface area (Å²) in [6.07, 6.45) is 2.22. The third-order valence-electron chi connectivity index (χ3n) is 3.02. The Labute approximate surface area is 108 Å². The van der Waals surface area contributed by atoms with Gasteiger partial charge in [0.15, 0.2) is 0 Å². The van der Waals surface area contributed by atoms with E-state index in [2.05, 4.69) is 10.6 Å². The van der Waals surface area contributed by atoms with Gasteiger partial charge in [0.1, 0.15) is 6.10 Å². The van der Waals surface area contributed by atoms with Gasteiger partial charge in [-0.25, -0.2) is 4.79 Å². The molecule has 0 bridgehead atoms. The predicted molar refractivity (Wildman–Crippen MR) is 69.2 cm³/mol. The van der Waals surface area contributed by atoms with E-state index in [1.165, 1.54) is 0 Å². The second-order valence-corrected chi connectivity index (χ2v) is 5.01. The first-order chi connectivity index (χ1) is 8.56. The maximum absolute atomic E-state index is 11.6. The average molecular weight is 259 g/mol. The number of aliphatic hydroxyl groups excluding tert-OH is 1. The van der Waals surface area contributed by atoms with Crippen LogP contribution in [0.1, 0.15) is 33.1 Å². The van der Waals surface area contributed by atoms with Crippen molar-refractivity contribution in [2.45, 2.75) is 57.4 Å². The summed E-state index contributed by atoms with van der Waals surface area (Å²) in [7, 11) is 0. The second-order valence-electron chi connectivity index (χ2n) is 5.01. The minimum Gasteiger partial charge on any atom is -0.394 e. The van der Waals surface area contributed by atoms with Crippen LogP contribution in [0, 0.1) is 0 Å². The number of ether oxygens (including phenoxy) is 1. The van der Waals surface area contributed by atoms with Crippen LogP contribution in [0.2, 0.25) is 0 Å². The molecule has 0 aromatic heterocycles. The van der Waals surface area contributed by atoms with E-state index in [0.29, 0.717) is 6.54 Å². The van der Waals surface area contributed by atoms with Crippen molar-refractivity contribution in [1.29, 1.82) is 0 Å². The molecule has 0 aliphatic carbocycles. The molecule has 6 heteroatoms. The van der Waals surface area contributed by atoms with E-state index in [-0.39, 0.29) is 36.9 Å². The lowest BCUT2D eigenvalue weighted by atomic mass is 9.97. The van der Waals surface area contributed by atoms with E-state index in [0.717, 1.165) is 19.3 Å². The highest BCUT2D eigenvalue weighted by Crippen LogP contribution is 2.21. The van der Waals surface area contributed by atoms with Gasteiger partial charge >= 0.3 is 6.03 Å². The number of rotatable bonds is 5. The van der Waals surface area contributed by atoms with Crippen molar-refractivity contribution in [3.05, 3.63) is 0 Å². The molecule has 1 aliphatic heterocycles. The lowest BCUT2D eigenvalue weighted by Gasteiger charge is -2.36. The van der Waals surface area contributed by atoms with E-state index in [1.54, 1.807) is 0 Å². The third kappa shape index (κ3) is 4.80. The summed E-state index contributed by atoms with van der Waals surface area (Å²) in [5.74, 6) is 0. The van der Waals surface area contributed by atoms with Crippen molar-refractivity contribution in [2.75, 3.05) is 13.2 Å². The summed E-state index contributed by atoms with van der Waals surface area (Å²) >= 11 is 0. The van der Waals surface area contributed by atoms with Crippen LogP contribution >= 0.6 is 0 Å². The first kappa shape index (κ1) is 15.2. The van der Waals surface area contributed by atoms with Gasteiger partial charge in [-0.2, -0.15) is 0 Å². The second kappa shape index (κ2) is 7.56. The maximum atomic E-state index is 11.6. The molecule has 3 atom stereocenters. The Morgan fingerprint density at radius 3 is 2.78 bits per heavy atom. The van der Waals surface area contributed by atoms with Crippen LogP contribution in [0.5, 0.6) is 0 Å². The summed E-state index contributed by atoms with van der Waals surface area (Å²) in [4.78, 5) is 11.6. The largest absolute Gasteiger partial charge is 0.394 e. The Kier molecular flexibility index (Phi) is 6.38. The van der Waals surface area contributed by atoms with Gasteiger partial charge in [0, 0.05) is 6.04 Å². The zero-order valence-corrected chi connectivity index (χ0v) is 11.2. The van der Waals surface area contributed by atoms with Gasteiger partial charge in [0.25, 0.3) is 0 Å². The van der Waals surface area contributed by atoms with Crippen LogP contribution in [0.3, 0.4) is 0 Å². The van der Waals surface area contributed by atoms with Gasteiger partial charge < -0.3 is 26.2 Å². The Morgan fingerprint density at radius 1 is 1.50 bits per heavy atom. The number of nitrogens with one attached hydrogen (secondary N) is 2. The third-order valence-corrected chi connectivity index (χ3v) is 3.02. The summed E-state index contributed by atoms with van der Waals surface area (Å²) < 4.78 is 5.72. The van der Waals surface area contributed by atoms with Crippen molar-refractivity contribution in [3.8, 4) is 0 Å². The summed E-state index contributed by atoms with van der Waals surface area (Å²) in [6, 6.07) is -0.260. The Balaban J connectivity index is 2.43. The Bertz CT molecular complexity index is 261. The van der Waals surface area contributed by atoms with Crippen molar-refractivity contribution in [2.24, 2.45) is 5.73 Å². The molecule has 0 aromatic rings. The zero-order valence-electron chi connectivity index (χ0n) is 11.2. The van der Waals surface area contributed by atoms with Gasteiger partial charge in [0.05, 0.1) is 18.8 Å². The molecule has 0 spiro atoms. The molecule has 0 radical (unpaired) electrons. The van der Waals surface area contributed by atoms with Gasteiger partial charge in [-0.05, 0) is 39.7 Å². The van der Waals surface area contributed by atoms with Crippen LogP contribution in [-0.2, 0) is 4.74 Å². The van der Waals surface area contributed by atoms with Crippen molar-refractivity contribution < 1.29 is 14.6 Å². The number of carbonyl (C=O) groups is 1. The molecule has 2 amide bonds. The highest BCUT2D eigenvalue weighted by Gasteiger charge is 2.31. The predicted octanol–water partition coefficient (Wildman–Crippen LogP) is -0.0487. The van der Waals surface area contributed by atoms with Crippen LogP contribution in [0.15, 0.2) is 0 Å². The van der Waals surface area contributed by atoms with E-state index < -0.39 is 0 Å².